The van der Waals surface area contributed by atoms with Crippen LogP contribution in [0.15, 0.2) is 30.5 Å². The molecule has 1 aromatic carbocycles. The summed E-state index contributed by atoms with van der Waals surface area (Å²) < 4.78 is 0. The lowest BCUT2D eigenvalue weighted by atomic mass is 9.99. The molecule has 1 aromatic heterocycles. The molecule has 0 amide bonds. The van der Waals surface area contributed by atoms with Gasteiger partial charge in [-0.2, -0.15) is 0 Å². The van der Waals surface area contributed by atoms with Crippen molar-refractivity contribution in [1.29, 1.82) is 0 Å². The molecule has 1 heterocycles. The predicted molar refractivity (Wildman–Crippen MR) is 75.8 cm³/mol. The van der Waals surface area contributed by atoms with E-state index < -0.39 is 5.97 Å². The third kappa shape index (κ3) is 3.06. The van der Waals surface area contributed by atoms with Crippen LogP contribution in [0, 0.1) is 6.92 Å². The lowest BCUT2D eigenvalue weighted by Crippen LogP contribution is -2.05. The standard InChI is InChI=1S/C14H11Cl2NO2/c1-8-4-5-17-14(11(8)7-13(18)19)10-3-2-9(15)6-12(10)16/h2-6H,7H2,1H3,(H,18,19). The van der Waals surface area contributed by atoms with Crippen molar-refractivity contribution in [3.63, 3.8) is 0 Å². The minimum Gasteiger partial charge on any atom is -0.481 e. The molecule has 19 heavy (non-hydrogen) atoms. The van der Waals surface area contributed by atoms with Gasteiger partial charge in [-0.25, -0.2) is 0 Å². The zero-order valence-electron chi connectivity index (χ0n) is 10.2. The van der Waals surface area contributed by atoms with Crippen LogP contribution in [-0.2, 0) is 11.2 Å². The summed E-state index contributed by atoms with van der Waals surface area (Å²) in [7, 11) is 0. The van der Waals surface area contributed by atoms with Gasteiger partial charge in [-0.05, 0) is 42.3 Å². The Morgan fingerprint density at radius 1 is 1.32 bits per heavy atom. The second-order valence-electron chi connectivity index (χ2n) is 4.15. The van der Waals surface area contributed by atoms with E-state index in [1.165, 1.54) is 0 Å². The number of benzene rings is 1. The maximum absolute atomic E-state index is 11.0. The molecular formula is C14H11Cl2NO2. The summed E-state index contributed by atoms with van der Waals surface area (Å²) in [5.41, 5.74) is 2.81. The molecule has 0 saturated carbocycles. The Morgan fingerprint density at radius 2 is 2.05 bits per heavy atom. The lowest BCUT2D eigenvalue weighted by Gasteiger charge is -2.11. The van der Waals surface area contributed by atoms with Gasteiger partial charge in [0.15, 0.2) is 0 Å². The first-order valence-corrected chi connectivity index (χ1v) is 6.36. The third-order valence-electron chi connectivity index (χ3n) is 2.80. The highest BCUT2D eigenvalue weighted by molar-refractivity contribution is 6.36. The van der Waals surface area contributed by atoms with Crippen LogP contribution in [0.25, 0.3) is 11.3 Å². The normalized spacial score (nSPS) is 10.5. The number of hydrogen-bond donors (Lipinski definition) is 1. The van der Waals surface area contributed by atoms with Gasteiger partial charge in [-0.1, -0.05) is 23.2 Å². The number of carbonyl (C=O) groups is 1. The molecule has 98 valence electrons. The summed E-state index contributed by atoms with van der Waals surface area (Å²) in [6, 6.07) is 6.85. The Bertz CT molecular complexity index is 641. The average Bonchev–Trinajstić information content (AvgIpc) is 2.32. The maximum Gasteiger partial charge on any atom is 0.307 e. The van der Waals surface area contributed by atoms with Crippen molar-refractivity contribution in [3.8, 4) is 11.3 Å². The SMILES string of the molecule is Cc1ccnc(-c2ccc(Cl)cc2Cl)c1CC(=O)O. The van der Waals surface area contributed by atoms with Crippen LogP contribution in [0.2, 0.25) is 10.0 Å². The Balaban J connectivity index is 2.61. The van der Waals surface area contributed by atoms with E-state index in [-0.39, 0.29) is 6.42 Å². The fourth-order valence-electron chi connectivity index (χ4n) is 1.88. The van der Waals surface area contributed by atoms with E-state index in [2.05, 4.69) is 4.98 Å². The van der Waals surface area contributed by atoms with Crippen molar-refractivity contribution < 1.29 is 9.90 Å². The van der Waals surface area contributed by atoms with Crippen LogP contribution in [0.3, 0.4) is 0 Å². The molecular weight excluding hydrogens is 285 g/mol. The summed E-state index contributed by atoms with van der Waals surface area (Å²) in [6.45, 7) is 1.85. The predicted octanol–water partition coefficient (Wildman–Crippen LogP) is 3.99. The number of carboxylic acids is 1. The van der Waals surface area contributed by atoms with Crippen LogP contribution in [0.1, 0.15) is 11.1 Å². The Morgan fingerprint density at radius 3 is 2.68 bits per heavy atom. The molecule has 0 saturated heterocycles. The lowest BCUT2D eigenvalue weighted by molar-refractivity contribution is -0.136. The van der Waals surface area contributed by atoms with Gasteiger partial charge in [0.05, 0.1) is 17.1 Å². The van der Waals surface area contributed by atoms with Crippen LogP contribution >= 0.6 is 23.2 Å². The first kappa shape index (κ1) is 13.8. The number of hydrogen-bond acceptors (Lipinski definition) is 2. The zero-order chi connectivity index (χ0) is 14.0. The number of aryl methyl sites for hydroxylation is 1. The average molecular weight is 296 g/mol. The van der Waals surface area contributed by atoms with Crippen molar-refractivity contribution in [2.75, 3.05) is 0 Å². The smallest absolute Gasteiger partial charge is 0.307 e. The number of aromatic nitrogens is 1. The molecule has 0 atom stereocenters. The van der Waals surface area contributed by atoms with E-state index in [0.717, 1.165) is 5.56 Å². The minimum absolute atomic E-state index is 0.0893. The quantitative estimate of drug-likeness (QED) is 0.931. The largest absolute Gasteiger partial charge is 0.481 e. The second-order valence-corrected chi connectivity index (χ2v) is 4.99. The van der Waals surface area contributed by atoms with Crippen molar-refractivity contribution in [3.05, 3.63) is 51.6 Å². The van der Waals surface area contributed by atoms with E-state index in [1.54, 1.807) is 30.5 Å². The van der Waals surface area contributed by atoms with Gasteiger partial charge in [0.25, 0.3) is 0 Å². The molecule has 0 aliphatic carbocycles. The molecule has 5 heteroatoms. The van der Waals surface area contributed by atoms with Crippen molar-refractivity contribution in [1.82, 2.24) is 4.98 Å². The Hall–Kier alpha value is -1.58. The molecule has 2 aromatic rings. The van der Waals surface area contributed by atoms with Gasteiger partial charge >= 0.3 is 5.97 Å². The minimum atomic E-state index is -0.901. The van der Waals surface area contributed by atoms with E-state index in [4.69, 9.17) is 28.3 Å². The summed E-state index contributed by atoms with van der Waals surface area (Å²) in [4.78, 5) is 15.2. The van der Waals surface area contributed by atoms with Crippen molar-refractivity contribution in [2.24, 2.45) is 0 Å². The van der Waals surface area contributed by atoms with Gasteiger partial charge in [0, 0.05) is 16.8 Å². The second kappa shape index (κ2) is 5.59. The first-order chi connectivity index (χ1) is 8.99. The molecule has 0 aliphatic heterocycles. The molecule has 3 nitrogen and oxygen atoms in total. The number of carboxylic acid groups (broad SMARTS) is 1. The first-order valence-electron chi connectivity index (χ1n) is 5.60. The number of aliphatic carboxylic acids is 1. The molecule has 0 unspecified atom stereocenters. The number of pyridine rings is 1. The highest BCUT2D eigenvalue weighted by atomic mass is 35.5. The molecule has 0 bridgehead atoms. The van der Waals surface area contributed by atoms with Gasteiger partial charge in [0.2, 0.25) is 0 Å². The molecule has 0 aliphatic rings. The molecule has 2 rings (SSSR count). The summed E-state index contributed by atoms with van der Waals surface area (Å²) in [5, 5.41) is 9.98. The monoisotopic (exact) mass is 295 g/mol. The summed E-state index contributed by atoms with van der Waals surface area (Å²) in [6.07, 6.45) is 1.55. The molecule has 1 N–H and O–H groups in total. The van der Waals surface area contributed by atoms with E-state index in [1.807, 2.05) is 6.92 Å². The molecule has 0 fully saturated rings. The van der Waals surface area contributed by atoms with Gasteiger partial charge in [0.1, 0.15) is 0 Å². The fraction of sp³-hybridized carbons (Fsp3) is 0.143. The number of halogens is 2. The fourth-order valence-corrected chi connectivity index (χ4v) is 2.37. The number of nitrogens with zero attached hydrogens (tertiary/aromatic N) is 1. The van der Waals surface area contributed by atoms with Gasteiger partial charge in [-0.3, -0.25) is 9.78 Å². The van der Waals surface area contributed by atoms with E-state index in [0.29, 0.717) is 26.9 Å². The number of rotatable bonds is 3. The Labute approximate surface area is 120 Å². The van der Waals surface area contributed by atoms with Crippen LogP contribution in [0.4, 0.5) is 0 Å². The molecule has 0 spiro atoms. The third-order valence-corrected chi connectivity index (χ3v) is 3.35. The van der Waals surface area contributed by atoms with Crippen LogP contribution in [-0.4, -0.2) is 16.1 Å². The van der Waals surface area contributed by atoms with E-state index >= 15 is 0 Å². The summed E-state index contributed by atoms with van der Waals surface area (Å²) in [5.74, 6) is -0.901. The highest BCUT2D eigenvalue weighted by Crippen LogP contribution is 2.32. The molecule has 0 radical (unpaired) electrons. The zero-order valence-corrected chi connectivity index (χ0v) is 11.7. The van der Waals surface area contributed by atoms with E-state index in [9.17, 15) is 4.79 Å². The highest BCUT2D eigenvalue weighted by Gasteiger charge is 2.15. The summed E-state index contributed by atoms with van der Waals surface area (Å²) >= 11 is 12.0. The van der Waals surface area contributed by atoms with Gasteiger partial charge in [-0.15, -0.1) is 0 Å². The Kier molecular flexibility index (Phi) is 4.08. The van der Waals surface area contributed by atoms with Crippen LogP contribution < -0.4 is 0 Å². The van der Waals surface area contributed by atoms with Crippen molar-refractivity contribution in [2.45, 2.75) is 13.3 Å². The maximum atomic E-state index is 11.0. The van der Waals surface area contributed by atoms with Crippen LogP contribution in [0.5, 0.6) is 0 Å². The van der Waals surface area contributed by atoms with Crippen molar-refractivity contribution >= 4 is 29.2 Å². The van der Waals surface area contributed by atoms with Gasteiger partial charge < -0.3 is 5.11 Å². The topological polar surface area (TPSA) is 50.2 Å².